The van der Waals surface area contributed by atoms with Crippen LogP contribution in [-0.2, 0) is 6.42 Å². The normalized spacial score (nSPS) is 26.9. The van der Waals surface area contributed by atoms with Gasteiger partial charge >= 0.3 is 0 Å². The molecule has 2 aliphatic rings. The van der Waals surface area contributed by atoms with Gasteiger partial charge in [0.1, 0.15) is 0 Å². The van der Waals surface area contributed by atoms with E-state index in [1.165, 1.54) is 32.2 Å². The average Bonchev–Trinajstić information content (AvgIpc) is 3.20. The molecular weight excluding hydrogens is 244 g/mol. The molecule has 2 aliphatic carbocycles. The van der Waals surface area contributed by atoms with Crippen molar-refractivity contribution >= 4 is 0 Å². The van der Waals surface area contributed by atoms with Crippen LogP contribution in [0.2, 0.25) is 0 Å². The molecule has 0 heterocycles. The van der Waals surface area contributed by atoms with Crippen LogP contribution < -0.4 is 10.6 Å². The highest BCUT2D eigenvalue weighted by molar-refractivity contribution is 5.39. The van der Waals surface area contributed by atoms with Gasteiger partial charge < -0.3 is 10.6 Å². The molecule has 1 saturated carbocycles. The summed E-state index contributed by atoms with van der Waals surface area (Å²) in [5, 5.41) is 7.13. The van der Waals surface area contributed by atoms with E-state index in [1.807, 2.05) is 0 Å². The van der Waals surface area contributed by atoms with Crippen LogP contribution >= 0.6 is 0 Å². The highest BCUT2D eigenvalue weighted by atomic mass is 14.9. The molecule has 2 nitrogen and oxygen atoms in total. The summed E-state index contributed by atoms with van der Waals surface area (Å²) >= 11 is 0. The Morgan fingerprint density at radius 2 is 1.95 bits per heavy atom. The Labute approximate surface area is 123 Å². The first-order valence-corrected chi connectivity index (χ1v) is 8.41. The van der Waals surface area contributed by atoms with E-state index < -0.39 is 0 Å². The van der Waals surface area contributed by atoms with E-state index in [9.17, 15) is 0 Å². The van der Waals surface area contributed by atoms with Crippen LogP contribution in [0, 0.1) is 11.8 Å². The highest BCUT2D eigenvalue weighted by Gasteiger charge is 2.52. The fourth-order valence-electron chi connectivity index (χ4n) is 3.90. The molecule has 110 valence electrons. The molecule has 3 rings (SSSR count). The summed E-state index contributed by atoms with van der Waals surface area (Å²) in [6.45, 7) is 6.91. The van der Waals surface area contributed by atoms with Crippen molar-refractivity contribution in [2.45, 2.75) is 38.5 Å². The maximum absolute atomic E-state index is 3.67. The zero-order valence-electron chi connectivity index (χ0n) is 12.7. The average molecular weight is 272 g/mol. The summed E-state index contributed by atoms with van der Waals surface area (Å²) in [7, 11) is 0. The topological polar surface area (TPSA) is 24.1 Å². The fourth-order valence-corrected chi connectivity index (χ4v) is 3.90. The molecule has 1 fully saturated rings. The van der Waals surface area contributed by atoms with Gasteiger partial charge in [-0.15, -0.1) is 0 Å². The SMILES string of the molecule is CCCNCCCNCC1C2CCc3ccccc3C21. The van der Waals surface area contributed by atoms with Crippen molar-refractivity contribution in [3.63, 3.8) is 0 Å². The second kappa shape index (κ2) is 6.73. The lowest BCUT2D eigenvalue weighted by Crippen LogP contribution is -2.24. The van der Waals surface area contributed by atoms with Gasteiger partial charge in [-0.05, 0) is 80.7 Å². The van der Waals surface area contributed by atoms with E-state index in [4.69, 9.17) is 0 Å². The largest absolute Gasteiger partial charge is 0.317 e. The summed E-state index contributed by atoms with van der Waals surface area (Å²) in [5.74, 6) is 2.74. The second-order valence-corrected chi connectivity index (χ2v) is 6.40. The fraction of sp³-hybridized carbons (Fsp3) is 0.667. The van der Waals surface area contributed by atoms with Crippen molar-refractivity contribution in [2.24, 2.45) is 11.8 Å². The third kappa shape index (κ3) is 3.07. The van der Waals surface area contributed by atoms with Crippen LogP contribution in [0.4, 0.5) is 0 Å². The first-order valence-electron chi connectivity index (χ1n) is 8.41. The predicted molar refractivity (Wildman–Crippen MR) is 85.1 cm³/mol. The summed E-state index contributed by atoms with van der Waals surface area (Å²) in [6, 6.07) is 9.09. The van der Waals surface area contributed by atoms with Gasteiger partial charge in [-0.25, -0.2) is 0 Å². The van der Waals surface area contributed by atoms with Gasteiger partial charge in [-0.2, -0.15) is 0 Å². The lowest BCUT2D eigenvalue weighted by atomic mass is 9.92. The Hall–Kier alpha value is -0.860. The highest BCUT2D eigenvalue weighted by Crippen LogP contribution is 2.59. The Bertz CT molecular complexity index is 429. The van der Waals surface area contributed by atoms with Crippen molar-refractivity contribution in [1.82, 2.24) is 10.6 Å². The van der Waals surface area contributed by atoms with Crippen LogP contribution in [0.25, 0.3) is 0 Å². The van der Waals surface area contributed by atoms with Gasteiger partial charge in [0.15, 0.2) is 0 Å². The van der Waals surface area contributed by atoms with E-state index in [2.05, 4.69) is 41.8 Å². The summed E-state index contributed by atoms with van der Waals surface area (Å²) in [5.41, 5.74) is 3.26. The van der Waals surface area contributed by atoms with E-state index in [1.54, 1.807) is 11.1 Å². The summed E-state index contributed by atoms with van der Waals surface area (Å²) < 4.78 is 0. The number of hydrogen-bond acceptors (Lipinski definition) is 2. The molecule has 1 aromatic rings. The molecule has 3 unspecified atom stereocenters. The van der Waals surface area contributed by atoms with Crippen LogP contribution in [0.5, 0.6) is 0 Å². The third-order valence-electron chi connectivity index (χ3n) is 5.01. The van der Waals surface area contributed by atoms with E-state index in [0.717, 1.165) is 37.4 Å². The zero-order valence-corrected chi connectivity index (χ0v) is 12.7. The molecule has 0 amide bonds. The van der Waals surface area contributed by atoms with E-state index in [-0.39, 0.29) is 0 Å². The minimum absolute atomic E-state index is 0.866. The molecule has 2 heteroatoms. The Morgan fingerprint density at radius 1 is 1.10 bits per heavy atom. The molecule has 3 atom stereocenters. The Balaban J connectivity index is 1.37. The molecule has 2 N–H and O–H groups in total. The maximum atomic E-state index is 3.67. The number of nitrogens with one attached hydrogen (secondary N) is 2. The number of hydrogen-bond donors (Lipinski definition) is 2. The van der Waals surface area contributed by atoms with E-state index in [0.29, 0.717) is 0 Å². The number of aryl methyl sites for hydroxylation is 1. The van der Waals surface area contributed by atoms with Crippen molar-refractivity contribution in [3.05, 3.63) is 35.4 Å². The number of fused-ring (bicyclic) bond motifs is 3. The number of benzene rings is 1. The van der Waals surface area contributed by atoms with Gasteiger partial charge in [-0.1, -0.05) is 31.2 Å². The summed E-state index contributed by atoms with van der Waals surface area (Å²) in [6.07, 6.45) is 5.19. The Kier molecular flexibility index (Phi) is 4.74. The standard InChI is InChI=1S/C18H28N2/c1-2-10-19-11-5-12-20-13-17-16-9-8-14-6-3-4-7-15(14)18(16)17/h3-4,6-7,16-20H,2,5,8-13H2,1H3. The molecule has 0 saturated heterocycles. The Morgan fingerprint density at radius 3 is 2.85 bits per heavy atom. The van der Waals surface area contributed by atoms with Crippen LogP contribution in [0.15, 0.2) is 24.3 Å². The molecule has 20 heavy (non-hydrogen) atoms. The van der Waals surface area contributed by atoms with Crippen LogP contribution in [0.3, 0.4) is 0 Å². The first kappa shape index (κ1) is 14.1. The minimum Gasteiger partial charge on any atom is -0.317 e. The molecule has 0 bridgehead atoms. The van der Waals surface area contributed by atoms with Crippen LogP contribution in [-0.4, -0.2) is 26.2 Å². The van der Waals surface area contributed by atoms with Gasteiger partial charge in [0, 0.05) is 0 Å². The quantitative estimate of drug-likeness (QED) is 0.711. The van der Waals surface area contributed by atoms with Gasteiger partial charge in [0.05, 0.1) is 0 Å². The lowest BCUT2D eigenvalue weighted by Gasteiger charge is -2.13. The molecular formula is C18H28N2. The zero-order chi connectivity index (χ0) is 13.8. The van der Waals surface area contributed by atoms with Crippen molar-refractivity contribution in [3.8, 4) is 0 Å². The van der Waals surface area contributed by atoms with E-state index >= 15 is 0 Å². The predicted octanol–water partition coefficient (Wildman–Crippen LogP) is 2.94. The summed E-state index contributed by atoms with van der Waals surface area (Å²) in [4.78, 5) is 0. The second-order valence-electron chi connectivity index (χ2n) is 6.40. The smallest absolute Gasteiger partial charge is 0.00117 e. The monoisotopic (exact) mass is 272 g/mol. The maximum Gasteiger partial charge on any atom is -0.00117 e. The molecule has 0 aromatic heterocycles. The van der Waals surface area contributed by atoms with Gasteiger partial charge in [-0.3, -0.25) is 0 Å². The molecule has 0 aliphatic heterocycles. The molecule has 0 radical (unpaired) electrons. The van der Waals surface area contributed by atoms with Gasteiger partial charge in [0.2, 0.25) is 0 Å². The van der Waals surface area contributed by atoms with Crippen LogP contribution in [0.1, 0.15) is 43.2 Å². The van der Waals surface area contributed by atoms with Gasteiger partial charge in [0.25, 0.3) is 0 Å². The number of rotatable bonds is 8. The van der Waals surface area contributed by atoms with Crippen molar-refractivity contribution < 1.29 is 0 Å². The van der Waals surface area contributed by atoms with Crippen molar-refractivity contribution in [2.75, 3.05) is 26.2 Å². The lowest BCUT2D eigenvalue weighted by molar-refractivity contribution is 0.551. The first-order chi connectivity index (χ1) is 9.92. The third-order valence-corrected chi connectivity index (χ3v) is 5.01. The molecule has 0 spiro atoms. The molecule has 1 aromatic carbocycles. The van der Waals surface area contributed by atoms with Crippen molar-refractivity contribution in [1.29, 1.82) is 0 Å². The minimum atomic E-state index is 0.866.